The number of hydrogen-bond acceptors (Lipinski definition) is 5. The third-order valence-electron chi connectivity index (χ3n) is 3.74. The molecule has 0 bridgehead atoms. The molecule has 0 aliphatic rings. The Hall–Kier alpha value is -2.05. The quantitative estimate of drug-likeness (QED) is 0.628. The summed E-state index contributed by atoms with van der Waals surface area (Å²) in [6.45, 7) is 8.29. The van der Waals surface area contributed by atoms with Crippen LogP contribution >= 0.6 is 11.3 Å². The van der Waals surface area contributed by atoms with Crippen LogP contribution in [-0.4, -0.2) is 28.6 Å². The van der Waals surface area contributed by atoms with E-state index in [1.165, 1.54) is 12.1 Å². The first-order valence-corrected chi connectivity index (χ1v) is 9.23. The number of aromatic nitrogens is 2. The van der Waals surface area contributed by atoms with E-state index in [-0.39, 0.29) is 11.4 Å². The van der Waals surface area contributed by atoms with Crippen LogP contribution in [0.4, 0.5) is 10.2 Å². The van der Waals surface area contributed by atoms with Gasteiger partial charge in [-0.15, -0.1) is 11.3 Å². The highest BCUT2D eigenvalue weighted by Crippen LogP contribution is 2.35. The number of fused-ring (bicyclic) bond motifs is 1. The van der Waals surface area contributed by atoms with Crippen molar-refractivity contribution in [3.8, 4) is 10.4 Å². The van der Waals surface area contributed by atoms with Gasteiger partial charge in [0, 0.05) is 17.0 Å². The summed E-state index contributed by atoms with van der Waals surface area (Å²) in [5.41, 5.74) is 2.04. The molecule has 3 aromatic rings. The summed E-state index contributed by atoms with van der Waals surface area (Å²) in [4.78, 5) is 9.80. The lowest BCUT2D eigenvalue weighted by atomic mass is 10.1. The van der Waals surface area contributed by atoms with E-state index in [1.54, 1.807) is 29.8 Å². The standard InChI is InChI=1S/C19H23FN4S/c1-19(2,3)24-10-4-9-21-18-17-15(22-12-23-18)11-16(25-17)13-5-7-14(20)8-6-13/h5-8,11-12,24H,4,9-10H2,1-3H3,(H,21,22,23). The smallest absolute Gasteiger partial charge is 0.147 e. The molecule has 0 amide bonds. The van der Waals surface area contributed by atoms with Crippen molar-refractivity contribution in [1.29, 1.82) is 0 Å². The molecule has 4 nitrogen and oxygen atoms in total. The molecule has 2 N–H and O–H groups in total. The third-order valence-corrected chi connectivity index (χ3v) is 4.92. The Balaban J connectivity index is 1.70. The van der Waals surface area contributed by atoms with Crippen molar-refractivity contribution in [3.05, 3.63) is 42.5 Å². The summed E-state index contributed by atoms with van der Waals surface area (Å²) in [5.74, 6) is 0.634. The zero-order valence-corrected chi connectivity index (χ0v) is 15.6. The molecule has 0 saturated heterocycles. The number of rotatable bonds is 6. The third kappa shape index (κ3) is 4.74. The minimum absolute atomic E-state index is 0.139. The zero-order chi connectivity index (χ0) is 17.9. The summed E-state index contributed by atoms with van der Waals surface area (Å²) in [6, 6.07) is 8.57. The van der Waals surface area contributed by atoms with E-state index < -0.39 is 0 Å². The largest absolute Gasteiger partial charge is 0.369 e. The first-order chi connectivity index (χ1) is 11.9. The molecule has 0 saturated carbocycles. The van der Waals surface area contributed by atoms with Crippen molar-refractivity contribution in [2.24, 2.45) is 0 Å². The normalized spacial score (nSPS) is 11.8. The summed E-state index contributed by atoms with van der Waals surface area (Å²) < 4.78 is 14.1. The molecule has 0 radical (unpaired) electrons. The Bertz CT molecular complexity index is 837. The summed E-state index contributed by atoms with van der Waals surface area (Å²) in [7, 11) is 0. The van der Waals surface area contributed by atoms with E-state index >= 15 is 0 Å². The molecule has 3 rings (SSSR count). The van der Waals surface area contributed by atoms with Gasteiger partial charge in [-0.1, -0.05) is 12.1 Å². The lowest BCUT2D eigenvalue weighted by Gasteiger charge is -2.20. The highest BCUT2D eigenvalue weighted by molar-refractivity contribution is 7.22. The number of thiophene rings is 1. The number of benzene rings is 1. The average molecular weight is 358 g/mol. The van der Waals surface area contributed by atoms with Crippen LogP contribution < -0.4 is 10.6 Å². The van der Waals surface area contributed by atoms with Crippen LogP contribution in [0.25, 0.3) is 20.7 Å². The van der Waals surface area contributed by atoms with Gasteiger partial charge in [0.05, 0.1) is 10.2 Å². The van der Waals surface area contributed by atoms with Gasteiger partial charge in [-0.3, -0.25) is 0 Å². The van der Waals surface area contributed by atoms with Gasteiger partial charge in [-0.25, -0.2) is 14.4 Å². The van der Waals surface area contributed by atoms with Gasteiger partial charge in [0.15, 0.2) is 0 Å². The van der Waals surface area contributed by atoms with Gasteiger partial charge in [0.25, 0.3) is 0 Å². The molecule has 6 heteroatoms. The van der Waals surface area contributed by atoms with E-state index in [0.29, 0.717) is 0 Å². The molecular weight excluding hydrogens is 335 g/mol. The average Bonchev–Trinajstić information content (AvgIpc) is 2.99. The van der Waals surface area contributed by atoms with E-state index in [4.69, 9.17) is 0 Å². The molecule has 0 fully saturated rings. The number of anilines is 1. The summed E-state index contributed by atoms with van der Waals surface area (Å²) >= 11 is 1.63. The van der Waals surface area contributed by atoms with Crippen LogP contribution in [0.15, 0.2) is 36.7 Å². The molecule has 132 valence electrons. The number of halogens is 1. The monoisotopic (exact) mass is 358 g/mol. The highest BCUT2D eigenvalue weighted by Gasteiger charge is 2.11. The fraction of sp³-hybridized carbons (Fsp3) is 0.368. The van der Waals surface area contributed by atoms with Gasteiger partial charge in [0.1, 0.15) is 18.0 Å². The lowest BCUT2D eigenvalue weighted by molar-refractivity contribution is 0.425. The maximum Gasteiger partial charge on any atom is 0.147 e. The van der Waals surface area contributed by atoms with E-state index in [9.17, 15) is 4.39 Å². The molecule has 0 aliphatic carbocycles. The van der Waals surface area contributed by atoms with Crippen molar-refractivity contribution in [2.45, 2.75) is 32.7 Å². The molecule has 2 heterocycles. The van der Waals surface area contributed by atoms with Crippen LogP contribution in [0, 0.1) is 5.82 Å². The van der Waals surface area contributed by atoms with E-state index in [1.807, 2.05) is 6.07 Å². The van der Waals surface area contributed by atoms with Gasteiger partial charge >= 0.3 is 0 Å². The molecule has 25 heavy (non-hydrogen) atoms. The molecule has 0 aliphatic heterocycles. The predicted octanol–water partition coefficient (Wildman–Crippen LogP) is 4.69. The van der Waals surface area contributed by atoms with Crippen molar-refractivity contribution < 1.29 is 4.39 Å². The fourth-order valence-corrected chi connectivity index (χ4v) is 3.58. The van der Waals surface area contributed by atoms with Gasteiger partial charge in [0.2, 0.25) is 0 Å². The fourth-order valence-electron chi connectivity index (χ4n) is 2.50. The first kappa shape index (κ1) is 17.8. The molecule has 0 atom stereocenters. The topological polar surface area (TPSA) is 49.8 Å². The van der Waals surface area contributed by atoms with Crippen LogP contribution in [0.1, 0.15) is 27.2 Å². The molecule has 0 unspecified atom stereocenters. The lowest BCUT2D eigenvalue weighted by Crippen LogP contribution is -2.36. The maximum atomic E-state index is 13.1. The zero-order valence-electron chi connectivity index (χ0n) is 14.8. The number of nitrogens with one attached hydrogen (secondary N) is 2. The SMILES string of the molecule is CC(C)(C)NCCCNc1ncnc2cc(-c3ccc(F)cc3)sc12. The van der Waals surface area contributed by atoms with Crippen LogP contribution in [0.2, 0.25) is 0 Å². The van der Waals surface area contributed by atoms with E-state index in [2.05, 4.69) is 41.4 Å². The Morgan fingerprint density at radius 2 is 1.84 bits per heavy atom. The van der Waals surface area contributed by atoms with Crippen molar-refractivity contribution >= 4 is 27.4 Å². The van der Waals surface area contributed by atoms with Crippen molar-refractivity contribution in [2.75, 3.05) is 18.4 Å². The predicted molar refractivity (Wildman–Crippen MR) is 104 cm³/mol. The van der Waals surface area contributed by atoms with Gasteiger partial charge in [-0.05, 0) is 57.5 Å². The summed E-state index contributed by atoms with van der Waals surface area (Å²) in [6.07, 6.45) is 2.60. The maximum absolute atomic E-state index is 13.1. The number of hydrogen-bond donors (Lipinski definition) is 2. The van der Waals surface area contributed by atoms with E-state index in [0.717, 1.165) is 46.0 Å². The first-order valence-electron chi connectivity index (χ1n) is 8.42. The second-order valence-corrected chi connectivity index (χ2v) is 8.06. The second kappa shape index (κ2) is 7.45. The van der Waals surface area contributed by atoms with Crippen molar-refractivity contribution in [1.82, 2.24) is 15.3 Å². The summed E-state index contributed by atoms with van der Waals surface area (Å²) in [5, 5.41) is 6.88. The van der Waals surface area contributed by atoms with Crippen LogP contribution in [0.3, 0.4) is 0 Å². The van der Waals surface area contributed by atoms with Crippen molar-refractivity contribution in [3.63, 3.8) is 0 Å². The highest BCUT2D eigenvalue weighted by atomic mass is 32.1. The molecule has 0 spiro atoms. The number of nitrogens with zero attached hydrogens (tertiary/aromatic N) is 2. The van der Waals surface area contributed by atoms with Crippen LogP contribution in [-0.2, 0) is 0 Å². The van der Waals surface area contributed by atoms with Gasteiger partial charge in [-0.2, -0.15) is 0 Å². The minimum atomic E-state index is -0.226. The molecule has 1 aromatic carbocycles. The van der Waals surface area contributed by atoms with Crippen LogP contribution in [0.5, 0.6) is 0 Å². The molecular formula is C19H23FN4S. The molecule has 2 aromatic heterocycles. The Labute approximate surface area is 151 Å². The van der Waals surface area contributed by atoms with Gasteiger partial charge < -0.3 is 10.6 Å². The Morgan fingerprint density at radius 1 is 1.08 bits per heavy atom. The minimum Gasteiger partial charge on any atom is -0.369 e. The Kier molecular flexibility index (Phi) is 5.30. The second-order valence-electron chi connectivity index (χ2n) is 7.01. The Morgan fingerprint density at radius 3 is 2.56 bits per heavy atom.